The summed E-state index contributed by atoms with van der Waals surface area (Å²) in [6, 6.07) is 5.19. The molecule has 52 heavy (non-hydrogen) atoms. The summed E-state index contributed by atoms with van der Waals surface area (Å²) in [6.45, 7) is 2.20. The highest BCUT2D eigenvalue weighted by atomic mass is 19.4. The number of hydrogen-bond donors (Lipinski definition) is 2. The lowest BCUT2D eigenvalue weighted by Gasteiger charge is -2.42. The first-order valence-electron chi connectivity index (χ1n) is 17.6. The van der Waals surface area contributed by atoms with Crippen LogP contribution in [0.5, 0.6) is 11.8 Å². The van der Waals surface area contributed by atoms with E-state index in [2.05, 4.69) is 21.1 Å². The van der Waals surface area contributed by atoms with Gasteiger partial charge < -0.3 is 20.1 Å². The molecule has 0 amide bonds. The van der Waals surface area contributed by atoms with Crippen LogP contribution in [0.15, 0.2) is 42.2 Å². The summed E-state index contributed by atoms with van der Waals surface area (Å²) in [7, 11) is 0. The summed E-state index contributed by atoms with van der Waals surface area (Å²) in [5.74, 6) is 0.0689. The number of phenolic OH excluding ortho intramolecular Hbond substituents is 1. The smallest absolute Gasteiger partial charge is 0.417 e. The molecule has 1 saturated carbocycles. The molecule has 13 heteroatoms. The van der Waals surface area contributed by atoms with Crippen molar-refractivity contribution in [1.29, 1.82) is 0 Å². The number of terminal acetylenes is 1. The molecule has 2 bridgehead atoms. The van der Waals surface area contributed by atoms with Crippen molar-refractivity contribution in [2.45, 2.75) is 68.2 Å². The first kappa shape index (κ1) is 33.3. The Bertz CT molecular complexity index is 2230. The lowest BCUT2D eigenvalue weighted by Crippen LogP contribution is -2.61. The van der Waals surface area contributed by atoms with Gasteiger partial charge in [0.25, 0.3) is 0 Å². The lowest BCUT2D eigenvalue weighted by atomic mass is 9.89. The van der Waals surface area contributed by atoms with Crippen LogP contribution in [0, 0.1) is 29.9 Å². The topological polar surface area (TPSA) is 73.8 Å². The lowest BCUT2D eigenvalue weighted by molar-refractivity contribution is -0.137. The van der Waals surface area contributed by atoms with Gasteiger partial charge in [-0.05, 0) is 98.2 Å². The second-order valence-electron chi connectivity index (χ2n) is 15.2. The van der Waals surface area contributed by atoms with E-state index in [0.717, 1.165) is 63.3 Å². The molecule has 1 aromatic heterocycles. The molecule has 9 rings (SSSR count). The number of hydrogen-bond acceptors (Lipinski definition) is 7. The molecular weight excluding hydrogens is 684 g/mol. The van der Waals surface area contributed by atoms with Crippen LogP contribution in [0.25, 0.3) is 32.8 Å². The van der Waals surface area contributed by atoms with Crippen molar-refractivity contribution in [2.75, 3.05) is 37.7 Å². The second kappa shape index (κ2) is 11.7. The number of alkyl halides is 3. The zero-order chi connectivity index (χ0) is 36.2. The maximum Gasteiger partial charge on any atom is 0.417 e. The van der Waals surface area contributed by atoms with Crippen LogP contribution in [-0.4, -0.2) is 69.9 Å². The number of nitrogens with zero attached hydrogens (tertiary/aromatic N) is 4. The van der Waals surface area contributed by atoms with Crippen LogP contribution in [0.3, 0.4) is 0 Å². The number of halogens is 6. The van der Waals surface area contributed by atoms with Gasteiger partial charge >= 0.3 is 12.2 Å². The highest BCUT2D eigenvalue weighted by Crippen LogP contribution is 2.50. The molecule has 0 unspecified atom stereocenters. The van der Waals surface area contributed by atoms with Gasteiger partial charge in [0.1, 0.15) is 29.5 Å². The van der Waals surface area contributed by atoms with E-state index in [1.807, 2.05) is 4.90 Å². The van der Waals surface area contributed by atoms with Crippen molar-refractivity contribution in [3.8, 4) is 35.2 Å². The predicted molar refractivity (Wildman–Crippen MR) is 184 cm³/mol. The molecule has 4 aliphatic heterocycles. The van der Waals surface area contributed by atoms with Gasteiger partial charge in [0, 0.05) is 47.6 Å². The summed E-state index contributed by atoms with van der Waals surface area (Å²) in [5.41, 5.74) is -3.59. The van der Waals surface area contributed by atoms with E-state index < -0.39 is 51.3 Å². The molecule has 1 aliphatic carbocycles. The fraction of sp³-hybridized carbons (Fsp3) is 0.436. The maximum absolute atomic E-state index is 17.3. The third-order valence-electron chi connectivity index (χ3n) is 12.0. The SMILES string of the molecule is C#Cc1c(F)ccc2cc(O)cc(-c3c(C(F)(F)F)cc4c(N5C[C@@H]6CC[C@](C7CC7)(C5)N6)nc(OC[C@@]56CCCN5C/C(=C/F)C6)nc4c3F)c12. The highest BCUT2D eigenvalue weighted by molar-refractivity contribution is 6.05. The minimum absolute atomic E-state index is 0.0704. The van der Waals surface area contributed by atoms with E-state index >= 15 is 22.0 Å². The molecular formula is C39H35F6N5O2. The van der Waals surface area contributed by atoms with E-state index in [1.54, 1.807) is 0 Å². The van der Waals surface area contributed by atoms with Gasteiger partial charge in [-0.25, -0.2) is 13.2 Å². The van der Waals surface area contributed by atoms with Gasteiger partial charge in [0.15, 0.2) is 5.82 Å². The number of benzene rings is 3. The first-order chi connectivity index (χ1) is 24.9. The van der Waals surface area contributed by atoms with Gasteiger partial charge in [-0.1, -0.05) is 12.0 Å². The van der Waals surface area contributed by atoms with Crippen LogP contribution >= 0.6 is 0 Å². The number of piperazine rings is 1. The Kier molecular flexibility index (Phi) is 7.52. The Balaban J connectivity index is 1.26. The summed E-state index contributed by atoms with van der Waals surface area (Å²) in [5, 5.41) is 14.2. The zero-order valence-electron chi connectivity index (χ0n) is 28.1. The van der Waals surface area contributed by atoms with Crippen LogP contribution in [0.1, 0.15) is 56.1 Å². The van der Waals surface area contributed by atoms with Crippen molar-refractivity contribution < 1.29 is 36.2 Å². The Morgan fingerprint density at radius 2 is 1.94 bits per heavy atom. The molecule has 7 nitrogen and oxygen atoms in total. The first-order valence-corrected chi connectivity index (χ1v) is 17.6. The van der Waals surface area contributed by atoms with Gasteiger partial charge in [-0.3, -0.25) is 4.90 Å². The number of aromatic hydroxyl groups is 1. The number of ether oxygens (including phenoxy) is 1. The highest BCUT2D eigenvalue weighted by Gasteiger charge is 2.53. The van der Waals surface area contributed by atoms with Gasteiger partial charge in [-0.2, -0.15) is 23.1 Å². The standard InChI is InChI=1S/C39H35F6N5O2/c1-2-26-30(41)7-4-22-12-25(51)13-27(31(22)26)32-29(39(43,44)45)14-28-34(33(32)42)46-36(52-20-37-9-3-11-50(37)17-21(15-37)16-40)47-35(28)49-18-24-8-10-38(19-49,48-24)23-5-6-23/h1,4,7,12-14,16,23-24,48,51H,3,5-6,8-11,15,17-20H2/b21-16+/t24-,37-,38+/m0/s1. The number of nitrogens with one attached hydrogen (secondary N) is 1. The van der Waals surface area contributed by atoms with Crippen molar-refractivity contribution >= 4 is 27.5 Å². The average Bonchev–Trinajstić information content (AvgIpc) is 3.73. The molecule has 3 aromatic carbocycles. The van der Waals surface area contributed by atoms with Crippen molar-refractivity contribution in [3.05, 3.63) is 65.0 Å². The Morgan fingerprint density at radius 1 is 1.12 bits per heavy atom. The molecule has 0 radical (unpaired) electrons. The molecule has 0 spiro atoms. The Morgan fingerprint density at radius 3 is 2.69 bits per heavy atom. The second-order valence-corrected chi connectivity index (χ2v) is 15.2. The zero-order valence-corrected chi connectivity index (χ0v) is 28.1. The number of fused-ring (bicyclic) bond motifs is 5. The third-order valence-corrected chi connectivity index (χ3v) is 12.0. The Labute approximate surface area is 295 Å². The van der Waals surface area contributed by atoms with Gasteiger partial charge in [-0.15, -0.1) is 6.42 Å². The fourth-order valence-corrected chi connectivity index (χ4v) is 9.56. The molecule has 5 aliphatic rings. The number of aromatic nitrogens is 2. The largest absolute Gasteiger partial charge is 0.508 e. The van der Waals surface area contributed by atoms with Crippen LogP contribution in [0.4, 0.5) is 32.2 Å². The van der Waals surface area contributed by atoms with Crippen LogP contribution < -0.4 is 15.0 Å². The average molecular weight is 720 g/mol. The summed E-state index contributed by atoms with van der Waals surface area (Å²) in [4.78, 5) is 13.2. The van der Waals surface area contributed by atoms with Crippen molar-refractivity contribution in [1.82, 2.24) is 20.2 Å². The molecule has 4 saturated heterocycles. The maximum atomic E-state index is 17.3. The summed E-state index contributed by atoms with van der Waals surface area (Å²) >= 11 is 0. The predicted octanol–water partition coefficient (Wildman–Crippen LogP) is 7.63. The summed E-state index contributed by atoms with van der Waals surface area (Å²) < 4.78 is 97.8. The summed E-state index contributed by atoms with van der Waals surface area (Å²) in [6.07, 6.45) is 7.14. The molecule has 3 atom stereocenters. The van der Waals surface area contributed by atoms with E-state index in [-0.39, 0.29) is 51.7 Å². The van der Waals surface area contributed by atoms with Crippen molar-refractivity contribution in [2.24, 2.45) is 5.92 Å². The fourth-order valence-electron chi connectivity index (χ4n) is 9.56. The number of anilines is 1. The number of rotatable bonds is 6. The third kappa shape index (κ3) is 5.20. The minimum Gasteiger partial charge on any atom is -0.508 e. The Hall–Kier alpha value is -4.54. The normalized spacial score (nSPS) is 26.8. The van der Waals surface area contributed by atoms with E-state index in [0.29, 0.717) is 43.9 Å². The van der Waals surface area contributed by atoms with Gasteiger partial charge in [0.05, 0.1) is 23.0 Å². The van der Waals surface area contributed by atoms with Crippen LogP contribution in [0.2, 0.25) is 0 Å². The molecule has 4 aromatic rings. The van der Waals surface area contributed by atoms with E-state index in [4.69, 9.17) is 16.1 Å². The number of phenols is 1. The minimum atomic E-state index is -5.09. The molecule has 5 fully saturated rings. The molecule has 2 N–H and O–H groups in total. The van der Waals surface area contributed by atoms with Gasteiger partial charge in [0.2, 0.25) is 0 Å². The van der Waals surface area contributed by atoms with Crippen LogP contribution in [-0.2, 0) is 6.18 Å². The van der Waals surface area contributed by atoms with E-state index in [9.17, 15) is 9.50 Å². The van der Waals surface area contributed by atoms with E-state index in [1.165, 1.54) is 12.1 Å². The molecule has 270 valence electrons. The molecule has 5 heterocycles. The monoisotopic (exact) mass is 719 g/mol. The van der Waals surface area contributed by atoms with Crippen molar-refractivity contribution in [3.63, 3.8) is 0 Å². The quantitative estimate of drug-likeness (QED) is 0.157.